The Labute approximate surface area is 113 Å². The van der Waals surface area contributed by atoms with Gasteiger partial charge in [0, 0.05) is 6.04 Å². The summed E-state index contributed by atoms with van der Waals surface area (Å²) in [5, 5.41) is 9.60. The predicted octanol–water partition coefficient (Wildman–Crippen LogP) is 4.35. The molecule has 4 heteroatoms. The number of hydrogen-bond donors (Lipinski definition) is 2. The van der Waals surface area contributed by atoms with E-state index in [2.05, 4.69) is 45.7 Å². The zero-order valence-corrected chi connectivity index (χ0v) is 12.7. The molecule has 0 aliphatic carbocycles. The van der Waals surface area contributed by atoms with E-state index in [4.69, 9.17) is 5.73 Å². The molecule has 16 heavy (non-hydrogen) atoms. The Morgan fingerprint density at radius 2 is 1.69 bits per heavy atom. The average Bonchev–Trinajstić information content (AvgIpc) is 2.21. The summed E-state index contributed by atoms with van der Waals surface area (Å²) in [7, 11) is 0. The lowest BCUT2D eigenvalue weighted by Crippen LogP contribution is -2.11. The Morgan fingerprint density at radius 3 is 2.12 bits per heavy atom. The van der Waals surface area contributed by atoms with E-state index in [1.54, 1.807) is 0 Å². The molecule has 0 aliphatic heterocycles. The van der Waals surface area contributed by atoms with Crippen molar-refractivity contribution in [3.05, 3.63) is 26.6 Å². The minimum Gasteiger partial charge on any atom is -0.506 e. The third kappa shape index (κ3) is 3.75. The third-order valence-corrected chi connectivity index (χ3v) is 3.73. The Morgan fingerprint density at radius 1 is 1.19 bits per heavy atom. The molecule has 0 fully saturated rings. The van der Waals surface area contributed by atoms with Crippen LogP contribution in [-0.4, -0.2) is 5.11 Å². The maximum atomic E-state index is 9.60. The van der Waals surface area contributed by atoms with Gasteiger partial charge in [-0.15, -0.1) is 0 Å². The van der Waals surface area contributed by atoms with Gasteiger partial charge >= 0.3 is 0 Å². The molecule has 0 saturated carbocycles. The molecule has 2 nitrogen and oxygen atoms in total. The molecular formula is C12H17Br2NO. The van der Waals surface area contributed by atoms with Crippen LogP contribution in [0.4, 0.5) is 0 Å². The van der Waals surface area contributed by atoms with Crippen molar-refractivity contribution < 1.29 is 5.11 Å². The maximum absolute atomic E-state index is 9.60. The highest BCUT2D eigenvalue weighted by molar-refractivity contribution is 9.11. The molecule has 1 aromatic rings. The van der Waals surface area contributed by atoms with E-state index in [1.807, 2.05) is 12.1 Å². The Hall–Kier alpha value is -0.0600. The molecule has 0 bridgehead atoms. The molecule has 1 aromatic carbocycles. The first-order valence-electron chi connectivity index (χ1n) is 5.35. The molecule has 0 aliphatic rings. The fourth-order valence-corrected chi connectivity index (χ4v) is 2.70. The van der Waals surface area contributed by atoms with Crippen LogP contribution in [0.25, 0.3) is 0 Å². The zero-order chi connectivity index (χ0) is 12.3. The SMILES string of the molecule is CC(C)CC[C@@H](N)c1cc(Br)c(O)c(Br)c1. The summed E-state index contributed by atoms with van der Waals surface area (Å²) < 4.78 is 1.36. The highest BCUT2D eigenvalue weighted by atomic mass is 79.9. The van der Waals surface area contributed by atoms with Gasteiger partial charge in [0.15, 0.2) is 0 Å². The van der Waals surface area contributed by atoms with E-state index in [-0.39, 0.29) is 11.8 Å². The van der Waals surface area contributed by atoms with Gasteiger partial charge in [-0.05, 0) is 68.3 Å². The van der Waals surface area contributed by atoms with Crippen LogP contribution < -0.4 is 5.73 Å². The van der Waals surface area contributed by atoms with Gasteiger partial charge in [0.05, 0.1) is 8.95 Å². The van der Waals surface area contributed by atoms with Crippen LogP contribution in [0.5, 0.6) is 5.75 Å². The van der Waals surface area contributed by atoms with Gasteiger partial charge in [0.25, 0.3) is 0 Å². The highest BCUT2D eigenvalue weighted by Gasteiger charge is 2.12. The first kappa shape index (κ1) is 14.0. The number of nitrogens with two attached hydrogens (primary N) is 1. The van der Waals surface area contributed by atoms with Gasteiger partial charge in [-0.2, -0.15) is 0 Å². The van der Waals surface area contributed by atoms with E-state index in [0.29, 0.717) is 14.9 Å². The molecule has 1 rings (SSSR count). The number of phenols is 1. The van der Waals surface area contributed by atoms with Crippen LogP contribution in [0.1, 0.15) is 38.3 Å². The van der Waals surface area contributed by atoms with Crippen LogP contribution in [0.2, 0.25) is 0 Å². The van der Waals surface area contributed by atoms with Gasteiger partial charge in [0.1, 0.15) is 5.75 Å². The molecule has 0 aromatic heterocycles. The number of hydrogen-bond acceptors (Lipinski definition) is 2. The van der Waals surface area contributed by atoms with Crippen LogP contribution in [-0.2, 0) is 0 Å². The third-order valence-electron chi connectivity index (χ3n) is 2.52. The fourth-order valence-electron chi connectivity index (χ4n) is 1.48. The van der Waals surface area contributed by atoms with Crippen molar-refractivity contribution in [3.8, 4) is 5.75 Å². The maximum Gasteiger partial charge on any atom is 0.143 e. The Bertz CT molecular complexity index is 343. The van der Waals surface area contributed by atoms with E-state index in [1.165, 1.54) is 0 Å². The summed E-state index contributed by atoms with van der Waals surface area (Å²) in [5.74, 6) is 0.884. The largest absolute Gasteiger partial charge is 0.506 e. The van der Waals surface area contributed by atoms with Crippen molar-refractivity contribution >= 4 is 31.9 Å². The predicted molar refractivity (Wildman–Crippen MR) is 74.5 cm³/mol. The second-order valence-electron chi connectivity index (χ2n) is 4.41. The van der Waals surface area contributed by atoms with Crippen LogP contribution in [0, 0.1) is 5.92 Å². The van der Waals surface area contributed by atoms with Crippen molar-refractivity contribution in [1.29, 1.82) is 0 Å². The molecule has 1 atom stereocenters. The van der Waals surface area contributed by atoms with Crippen molar-refractivity contribution in [2.45, 2.75) is 32.7 Å². The van der Waals surface area contributed by atoms with Gasteiger partial charge in [-0.25, -0.2) is 0 Å². The van der Waals surface area contributed by atoms with Crippen LogP contribution in [0.3, 0.4) is 0 Å². The van der Waals surface area contributed by atoms with Crippen molar-refractivity contribution in [3.63, 3.8) is 0 Å². The number of halogens is 2. The summed E-state index contributed by atoms with van der Waals surface area (Å²) in [5.41, 5.74) is 7.15. The van der Waals surface area contributed by atoms with E-state index < -0.39 is 0 Å². The molecule has 3 N–H and O–H groups in total. The number of aromatic hydroxyl groups is 1. The highest BCUT2D eigenvalue weighted by Crippen LogP contribution is 2.35. The van der Waals surface area contributed by atoms with E-state index in [9.17, 15) is 5.11 Å². The molecular weight excluding hydrogens is 334 g/mol. The molecule has 0 unspecified atom stereocenters. The summed E-state index contributed by atoms with van der Waals surface area (Å²) >= 11 is 6.62. The first-order valence-corrected chi connectivity index (χ1v) is 6.94. The summed E-state index contributed by atoms with van der Waals surface area (Å²) in [6.07, 6.45) is 2.07. The minimum atomic E-state index is 0.0237. The van der Waals surface area contributed by atoms with Gasteiger partial charge < -0.3 is 10.8 Å². The molecule has 0 radical (unpaired) electrons. The number of rotatable bonds is 4. The summed E-state index contributed by atoms with van der Waals surface area (Å²) in [4.78, 5) is 0. The van der Waals surface area contributed by atoms with E-state index in [0.717, 1.165) is 18.4 Å². The minimum absolute atomic E-state index is 0.0237. The zero-order valence-electron chi connectivity index (χ0n) is 9.50. The fraction of sp³-hybridized carbons (Fsp3) is 0.500. The summed E-state index contributed by atoms with van der Waals surface area (Å²) in [6, 6.07) is 3.78. The molecule has 0 heterocycles. The lowest BCUT2D eigenvalue weighted by atomic mass is 9.98. The van der Waals surface area contributed by atoms with E-state index >= 15 is 0 Å². The van der Waals surface area contributed by atoms with Gasteiger partial charge in [-0.1, -0.05) is 13.8 Å². The Kier molecular flexibility index (Phi) is 5.28. The van der Waals surface area contributed by atoms with Crippen molar-refractivity contribution in [2.75, 3.05) is 0 Å². The average molecular weight is 351 g/mol. The monoisotopic (exact) mass is 349 g/mol. The van der Waals surface area contributed by atoms with Crippen LogP contribution >= 0.6 is 31.9 Å². The summed E-state index contributed by atoms with van der Waals surface area (Å²) in [6.45, 7) is 4.38. The number of benzene rings is 1. The quantitative estimate of drug-likeness (QED) is 0.847. The topological polar surface area (TPSA) is 46.2 Å². The lowest BCUT2D eigenvalue weighted by molar-refractivity contribution is 0.466. The van der Waals surface area contributed by atoms with Gasteiger partial charge in [0.2, 0.25) is 0 Å². The lowest BCUT2D eigenvalue weighted by Gasteiger charge is -2.15. The molecule has 0 amide bonds. The van der Waals surface area contributed by atoms with Crippen molar-refractivity contribution in [1.82, 2.24) is 0 Å². The molecule has 0 saturated heterocycles. The van der Waals surface area contributed by atoms with Gasteiger partial charge in [-0.3, -0.25) is 0 Å². The molecule has 0 spiro atoms. The van der Waals surface area contributed by atoms with Crippen molar-refractivity contribution in [2.24, 2.45) is 11.7 Å². The Balaban J connectivity index is 2.80. The normalized spacial score (nSPS) is 13.1. The first-order chi connectivity index (χ1) is 7.41. The molecule has 90 valence electrons. The smallest absolute Gasteiger partial charge is 0.143 e. The second-order valence-corrected chi connectivity index (χ2v) is 6.12. The second kappa shape index (κ2) is 6.03. The van der Waals surface area contributed by atoms with Crippen LogP contribution in [0.15, 0.2) is 21.1 Å². The number of phenolic OH excluding ortho intramolecular Hbond substituents is 1. The standard InChI is InChI=1S/C12H17Br2NO/c1-7(2)3-4-11(15)8-5-9(13)12(16)10(14)6-8/h5-7,11,16H,3-4,15H2,1-2H3/t11-/m1/s1.